The molecule has 3 fully saturated rings. The van der Waals surface area contributed by atoms with Crippen LogP contribution >= 0.6 is 0 Å². The number of morpholine rings is 2. The van der Waals surface area contributed by atoms with E-state index in [1.54, 1.807) is 6.07 Å². The van der Waals surface area contributed by atoms with Gasteiger partial charge in [0.1, 0.15) is 29.9 Å². The summed E-state index contributed by atoms with van der Waals surface area (Å²) in [5.41, 5.74) is 4.99. The molecule has 11 heteroatoms. The molecule has 5 aromatic carbocycles. The summed E-state index contributed by atoms with van der Waals surface area (Å²) < 4.78 is 18.2. The van der Waals surface area contributed by atoms with Crippen LogP contribution < -0.4 is 20.3 Å². The Balaban J connectivity index is 1.19. The Morgan fingerprint density at radius 2 is 1.58 bits per heavy atom. The minimum atomic E-state index is -1.70. The van der Waals surface area contributed by atoms with Gasteiger partial charge in [-0.05, 0) is 108 Å². The summed E-state index contributed by atoms with van der Waals surface area (Å²) in [4.78, 5) is 50.9. The van der Waals surface area contributed by atoms with Gasteiger partial charge in [0.05, 0.1) is 37.8 Å². The number of amides is 2. The molecule has 11 nitrogen and oxygen atoms in total. The largest absolute Gasteiger partial charge is 0.491 e. The number of esters is 1. The zero-order valence-electron chi connectivity index (χ0n) is 35.5. The maximum absolute atomic E-state index is 15.7. The van der Waals surface area contributed by atoms with Crippen molar-refractivity contribution in [3.05, 3.63) is 167 Å². The van der Waals surface area contributed by atoms with Gasteiger partial charge in [0.2, 0.25) is 11.8 Å². The van der Waals surface area contributed by atoms with Crippen LogP contribution in [0.5, 0.6) is 5.75 Å². The highest BCUT2D eigenvalue weighted by atomic mass is 16.6. The van der Waals surface area contributed by atoms with Crippen LogP contribution in [0.25, 0.3) is 0 Å². The van der Waals surface area contributed by atoms with Crippen molar-refractivity contribution in [1.82, 2.24) is 4.90 Å². The van der Waals surface area contributed by atoms with Crippen molar-refractivity contribution in [2.75, 3.05) is 55.1 Å². The zero-order chi connectivity index (χ0) is 43.6. The summed E-state index contributed by atoms with van der Waals surface area (Å²) in [5.74, 6) is 4.41. The maximum Gasteiger partial charge on any atom is 0.324 e. The number of carbonyl (C=O) groups is 3. The number of aliphatic hydroxyl groups excluding tert-OH is 1. The second-order valence-electron chi connectivity index (χ2n) is 17.0. The normalized spacial score (nSPS) is 25.0. The molecule has 10 rings (SSSR count). The zero-order valence-corrected chi connectivity index (χ0v) is 35.5. The fourth-order valence-corrected chi connectivity index (χ4v) is 10.5. The standard InChI is InChI=1S/C53H50N4O7/c58-29-32-63-42-18-10-17-39(34-42)49-53(43-33-36(21-26-44(43)55-52(53)61)20-19-35-11-4-1-5-12-35)45(50(59)54-40-22-24-41(25-23-40)56-27-30-62-31-28-56)47-51(60)64-48(38-15-8-3-9-16-38)46(57(47)49)37-13-6-2-7-14-37/h2-3,6-11,13-18,21-26,33-34,45-49,58H,1,4-5,12,27-32H2,(H,54,59)(H,55,61). The topological polar surface area (TPSA) is 130 Å². The first kappa shape index (κ1) is 41.3. The number of aliphatic hydroxyl groups is 1. The molecule has 3 N–H and O–H groups in total. The molecule has 5 aromatic rings. The second-order valence-corrected chi connectivity index (χ2v) is 17.0. The number of nitrogens with one attached hydrogen (secondary N) is 2. The lowest BCUT2D eigenvalue weighted by Crippen LogP contribution is -2.53. The lowest BCUT2D eigenvalue weighted by atomic mass is 9.65. The van der Waals surface area contributed by atoms with Crippen LogP contribution in [0.3, 0.4) is 0 Å². The van der Waals surface area contributed by atoms with E-state index in [1.165, 1.54) is 0 Å². The summed E-state index contributed by atoms with van der Waals surface area (Å²) >= 11 is 0. The lowest BCUT2D eigenvalue weighted by molar-refractivity contribution is -0.177. The molecule has 6 unspecified atom stereocenters. The van der Waals surface area contributed by atoms with E-state index in [9.17, 15) is 5.11 Å². The minimum Gasteiger partial charge on any atom is -0.491 e. The van der Waals surface area contributed by atoms with Crippen molar-refractivity contribution in [3.8, 4) is 17.6 Å². The van der Waals surface area contributed by atoms with Gasteiger partial charge in [-0.1, -0.05) is 90.7 Å². The molecule has 6 atom stereocenters. The number of nitrogens with zero attached hydrogens (tertiary/aromatic N) is 2. The van der Waals surface area contributed by atoms with Crippen molar-refractivity contribution >= 4 is 34.8 Å². The van der Waals surface area contributed by atoms with E-state index in [2.05, 4.69) is 38.4 Å². The maximum atomic E-state index is 15.7. The Kier molecular flexibility index (Phi) is 11.5. The number of benzene rings is 5. The van der Waals surface area contributed by atoms with Gasteiger partial charge in [0, 0.05) is 35.7 Å². The fourth-order valence-electron chi connectivity index (χ4n) is 10.5. The first-order chi connectivity index (χ1) is 31.4. The van der Waals surface area contributed by atoms with Gasteiger partial charge < -0.3 is 34.9 Å². The van der Waals surface area contributed by atoms with Crippen LogP contribution in [0.2, 0.25) is 0 Å². The van der Waals surface area contributed by atoms with E-state index in [0.717, 1.165) is 61.2 Å². The molecule has 4 heterocycles. The van der Waals surface area contributed by atoms with Crippen LogP contribution in [0.15, 0.2) is 139 Å². The summed E-state index contributed by atoms with van der Waals surface area (Å²) in [5, 5.41) is 16.1. The van der Waals surface area contributed by atoms with Crippen molar-refractivity contribution in [2.24, 2.45) is 5.92 Å². The SMILES string of the molecule is O=C1OC(c2ccccc2)C(c2ccccc2)N2C1C(C(=O)Nc1ccc(N3CCOCC3)cc1)C1(C(=O)Nc3ccc(C#CC4=CCCCC4)cc31)C2c1cccc(OCCO)c1. The number of anilines is 3. The van der Waals surface area contributed by atoms with Crippen LogP contribution in [-0.2, 0) is 29.3 Å². The molecule has 0 bridgehead atoms. The number of hydrogen-bond donors (Lipinski definition) is 3. The van der Waals surface area contributed by atoms with E-state index in [1.807, 2.05) is 121 Å². The smallest absolute Gasteiger partial charge is 0.324 e. The Bertz CT molecular complexity index is 2640. The average Bonchev–Trinajstić information content (AvgIpc) is 3.82. The van der Waals surface area contributed by atoms with Crippen LogP contribution in [0.4, 0.5) is 17.1 Å². The number of fused-ring (bicyclic) bond motifs is 3. The Hall–Kier alpha value is -6.71. The van der Waals surface area contributed by atoms with Crippen molar-refractivity contribution in [2.45, 2.75) is 55.3 Å². The second kappa shape index (κ2) is 17.8. The first-order valence-corrected chi connectivity index (χ1v) is 22.3. The van der Waals surface area contributed by atoms with Crippen LogP contribution in [-0.4, -0.2) is 73.3 Å². The molecule has 64 heavy (non-hydrogen) atoms. The number of allylic oxidation sites excluding steroid dienone is 2. The Morgan fingerprint density at radius 1 is 0.828 bits per heavy atom. The van der Waals surface area contributed by atoms with Gasteiger partial charge in [-0.3, -0.25) is 19.3 Å². The summed E-state index contributed by atoms with van der Waals surface area (Å²) in [6, 6.07) is 37.4. The van der Waals surface area contributed by atoms with Crippen LogP contribution in [0.1, 0.15) is 71.7 Å². The molecule has 1 spiro atoms. The summed E-state index contributed by atoms with van der Waals surface area (Å²) in [6.07, 6.45) is 5.52. The van der Waals surface area contributed by atoms with Gasteiger partial charge in [0.15, 0.2) is 0 Å². The predicted octanol–water partition coefficient (Wildman–Crippen LogP) is 7.66. The molecular weight excluding hydrogens is 805 g/mol. The lowest BCUT2D eigenvalue weighted by Gasteiger charge is -2.46. The van der Waals surface area contributed by atoms with Gasteiger partial charge in [-0.25, -0.2) is 0 Å². The van der Waals surface area contributed by atoms with E-state index in [4.69, 9.17) is 14.2 Å². The Morgan fingerprint density at radius 3 is 2.31 bits per heavy atom. The van der Waals surface area contributed by atoms with E-state index < -0.39 is 53.3 Å². The highest BCUT2D eigenvalue weighted by molar-refractivity contribution is 6.13. The Labute approximate surface area is 373 Å². The third-order valence-corrected chi connectivity index (χ3v) is 13.3. The molecule has 2 amide bonds. The van der Waals surface area contributed by atoms with Crippen molar-refractivity contribution < 1.29 is 33.7 Å². The van der Waals surface area contributed by atoms with Gasteiger partial charge in [0.25, 0.3) is 0 Å². The minimum absolute atomic E-state index is 0.0534. The molecule has 4 aliphatic heterocycles. The quantitative estimate of drug-likeness (QED) is 0.101. The summed E-state index contributed by atoms with van der Waals surface area (Å²) in [7, 11) is 0. The van der Waals surface area contributed by atoms with E-state index in [-0.39, 0.29) is 13.2 Å². The average molecular weight is 855 g/mol. The molecule has 0 radical (unpaired) electrons. The van der Waals surface area contributed by atoms with Gasteiger partial charge in [-0.15, -0.1) is 0 Å². The number of ether oxygens (including phenoxy) is 3. The monoisotopic (exact) mass is 854 g/mol. The molecular formula is C53H50N4O7. The number of cyclic esters (lactones) is 1. The van der Waals surface area contributed by atoms with Crippen molar-refractivity contribution in [1.29, 1.82) is 0 Å². The number of carbonyl (C=O) groups excluding carboxylic acids is 3. The van der Waals surface area contributed by atoms with E-state index >= 15 is 14.4 Å². The van der Waals surface area contributed by atoms with Gasteiger partial charge in [-0.2, -0.15) is 0 Å². The predicted molar refractivity (Wildman–Crippen MR) is 244 cm³/mol. The highest BCUT2D eigenvalue weighted by Crippen LogP contribution is 2.65. The molecule has 5 aliphatic rings. The molecule has 324 valence electrons. The molecule has 3 saturated heterocycles. The van der Waals surface area contributed by atoms with Crippen LogP contribution in [0, 0.1) is 17.8 Å². The third kappa shape index (κ3) is 7.51. The number of hydrogen-bond acceptors (Lipinski definition) is 9. The summed E-state index contributed by atoms with van der Waals surface area (Å²) in [6.45, 7) is 2.65. The van der Waals surface area contributed by atoms with Crippen molar-refractivity contribution in [3.63, 3.8) is 0 Å². The third-order valence-electron chi connectivity index (χ3n) is 13.3. The molecule has 0 aromatic heterocycles. The number of rotatable bonds is 9. The fraction of sp³-hybridized carbons (Fsp3) is 0.302. The van der Waals surface area contributed by atoms with Gasteiger partial charge >= 0.3 is 5.97 Å². The molecule has 1 aliphatic carbocycles. The first-order valence-electron chi connectivity index (χ1n) is 22.3. The highest BCUT2D eigenvalue weighted by Gasteiger charge is 2.74. The van der Waals surface area contributed by atoms with E-state index in [0.29, 0.717) is 47.0 Å². The molecule has 0 saturated carbocycles.